The molecule has 0 aliphatic rings. The zero-order valence-electron chi connectivity index (χ0n) is 23.8. The largest absolute Gasteiger partial charge is 0.481 e. The lowest BCUT2D eigenvalue weighted by Gasteiger charge is -2.20. The van der Waals surface area contributed by atoms with Gasteiger partial charge in [-0.05, 0) is 69.4 Å². The molecule has 0 aliphatic carbocycles. The summed E-state index contributed by atoms with van der Waals surface area (Å²) in [4.78, 5) is 33.6. The van der Waals surface area contributed by atoms with Gasteiger partial charge in [-0.25, -0.2) is 14.4 Å². The van der Waals surface area contributed by atoms with Gasteiger partial charge in [0.2, 0.25) is 5.95 Å². The molecular formula is C32H35FN4O5. The molecular weight excluding hydrogens is 539 g/mol. The van der Waals surface area contributed by atoms with E-state index in [0.717, 1.165) is 11.3 Å². The summed E-state index contributed by atoms with van der Waals surface area (Å²) in [7, 11) is 0. The van der Waals surface area contributed by atoms with Crippen molar-refractivity contribution >= 4 is 17.8 Å². The number of anilines is 1. The number of aryl methyl sites for hydroxylation is 1. The molecule has 0 fully saturated rings. The van der Waals surface area contributed by atoms with Crippen LogP contribution in [0, 0.1) is 12.7 Å². The third-order valence-electron chi connectivity index (χ3n) is 6.92. The fraction of sp³-hybridized carbons (Fsp3) is 0.312. The van der Waals surface area contributed by atoms with E-state index in [1.54, 1.807) is 31.3 Å². The summed E-state index contributed by atoms with van der Waals surface area (Å²) < 4.78 is 15.9. The van der Waals surface area contributed by atoms with E-state index >= 15 is 0 Å². The van der Waals surface area contributed by atoms with Gasteiger partial charge in [-0.2, -0.15) is 0 Å². The van der Waals surface area contributed by atoms with Crippen molar-refractivity contribution in [1.29, 1.82) is 0 Å². The molecule has 0 spiro atoms. The first-order chi connectivity index (χ1) is 20.0. The number of aliphatic carboxylic acids is 1. The van der Waals surface area contributed by atoms with E-state index in [2.05, 4.69) is 15.3 Å². The number of aliphatic hydroxyl groups excluding tert-OH is 2. The van der Waals surface area contributed by atoms with Gasteiger partial charge in [-0.3, -0.25) is 14.9 Å². The summed E-state index contributed by atoms with van der Waals surface area (Å²) in [5.74, 6) is -1.83. The van der Waals surface area contributed by atoms with Crippen LogP contribution in [0.4, 0.5) is 10.3 Å². The number of carboxylic acid groups (broad SMARTS) is 1. The molecule has 2 heterocycles. The van der Waals surface area contributed by atoms with Crippen LogP contribution < -0.4 is 5.32 Å². The second-order valence-electron chi connectivity index (χ2n) is 10.5. The fourth-order valence-electron chi connectivity index (χ4n) is 5.18. The van der Waals surface area contributed by atoms with Crippen molar-refractivity contribution in [2.45, 2.75) is 64.7 Å². The molecule has 0 aliphatic heterocycles. The highest BCUT2D eigenvalue weighted by Gasteiger charge is 2.31. The number of carbonyl (C=O) groups excluding carboxylic acids is 1. The Morgan fingerprint density at radius 1 is 0.952 bits per heavy atom. The molecule has 2 atom stereocenters. The van der Waals surface area contributed by atoms with Crippen molar-refractivity contribution in [1.82, 2.24) is 14.5 Å². The summed E-state index contributed by atoms with van der Waals surface area (Å²) in [6.07, 6.45) is -0.714. The van der Waals surface area contributed by atoms with Crippen molar-refractivity contribution in [3.63, 3.8) is 0 Å². The number of amides is 1. The minimum atomic E-state index is -1.19. The third kappa shape index (κ3) is 7.26. The van der Waals surface area contributed by atoms with E-state index in [0.29, 0.717) is 34.5 Å². The molecule has 220 valence electrons. The smallest absolute Gasteiger partial charge is 0.305 e. The number of hydrogen-bond donors (Lipinski definition) is 4. The van der Waals surface area contributed by atoms with Crippen LogP contribution >= 0.6 is 0 Å². The first kappa shape index (κ1) is 30.5. The predicted octanol–water partition coefficient (Wildman–Crippen LogP) is 5.41. The molecule has 10 heteroatoms. The molecule has 0 saturated heterocycles. The Bertz CT molecular complexity index is 1540. The van der Waals surface area contributed by atoms with Gasteiger partial charge in [0.25, 0.3) is 5.91 Å². The molecule has 0 unspecified atom stereocenters. The first-order valence-electron chi connectivity index (χ1n) is 13.8. The number of carboxylic acids is 1. The average Bonchev–Trinajstić information content (AvgIpc) is 3.28. The monoisotopic (exact) mass is 574 g/mol. The van der Waals surface area contributed by atoms with Gasteiger partial charge in [-0.15, -0.1) is 0 Å². The lowest BCUT2D eigenvalue weighted by atomic mass is 9.92. The Hall–Kier alpha value is -4.41. The molecule has 0 saturated carbocycles. The SMILES string of the molecule is Cc1ccnc(NC(=O)c2c(-c3ccccc3)c(-c3ccc(F)cc3)c(CC[C@@H](O)C[C@@H](O)CC(=O)O)n2C(C)C)n1. The standard InChI is InChI=1S/C32H35FN4O5/c1-19(2)37-26(14-13-24(38)17-25(39)18-27(40)41)28(22-9-11-23(33)12-10-22)29(21-7-5-4-6-8-21)30(37)31(42)36-32-34-16-15-20(3)35-32/h4-12,15-16,19,24-25,38-39H,13-14,17-18H2,1-3H3,(H,40,41)(H,34,35,36,42)/t24-,25-/m1/s1. The van der Waals surface area contributed by atoms with Gasteiger partial charge in [-0.1, -0.05) is 42.5 Å². The number of benzene rings is 2. The fourth-order valence-corrected chi connectivity index (χ4v) is 5.18. The van der Waals surface area contributed by atoms with Crippen LogP contribution in [-0.4, -0.2) is 53.9 Å². The van der Waals surface area contributed by atoms with E-state index in [1.807, 2.05) is 48.7 Å². The van der Waals surface area contributed by atoms with Crippen LogP contribution in [-0.2, 0) is 11.2 Å². The summed E-state index contributed by atoms with van der Waals surface area (Å²) >= 11 is 0. The van der Waals surface area contributed by atoms with Gasteiger partial charge in [0.05, 0.1) is 18.6 Å². The zero-order chi connectivity index (χ0) is 30.4. The van der Waals surface area contributed by atoms with Gasteiger partial charge in [0.1, 0.15) is 11.5 Å². The van der Waals surface area contributed by atoms with Gasteiger partial charge >= 0.3 is 5.97 Å². The average molecular weight is 575 g/mol. The maximum atomic E-state index is 14.1. The van der Waals surface area contributed by atoms with E-state index in [4.69, 9.17) is 5.11 Å². The molecule has 9 nitrogen and oxygen atoms in total. The number of rotatable bonds is 12. The Morgan fingerprint density at radius 3 is 2.24 bits per heavy atom. The van der Waals surface area contributed by atoms with Gasteiger partial charge in [0.15, 0.2) is 0 Å². The molecule has 42 heavy (non-hydrogen) atoms. The Morgan fingerprint density at radius 2 is 1.62 bits per heavy atom. The molecule has 1 amide bonds. The molecule has 2 aromatic heterocycles. The number of nitrogens with one attached hydrogen (secondary N) is 1. The van der Waals surface area contributed by atoms with Crippen LogP contribution in [0.3, 0.4) is 0 Å². The van der Waals surface area contributed by atoms with E-state index in [1.165, 1.54) is 12.1 Å². The number of carbonyl (C=O) groups is 2. The van der Waals surface area contributed by atoms with Crippen LogP contribution in [0.5, 0.6) is 0 Å². The summed E-state index contributed by atoms with van der Waals surface area (Å²) in [6, 6.07) is 17.0. The highest BCUT2D eigenvalue weighted by atomic mass is 19.1. The highest BCUT2D eigenvalue weighted by molar-refractivity contribution is 6.10. The maximum absolute atomic E-state index is 14.1. The van der Waals surface area contributed by atoms with Crippen LogP contribution in [0.2, 0.25) is 0 Å². The predicted molar refractivity (Wildman–Crippen MR) is 158 cm³/mol. The Kier molecular flexibility index (Phi) is 9.82. The lowest BCUT2D eigenvalue weighted by molar-refractivity contribution is -0.139. The Labute approximate surface area is 243 Å². The molecule has 4 rings (SSSR count). The molecule has 0 radical (unpaired) electrons. The quantitative estimate of drug-likeness (QED) is 0.177. The second-order valence-corrected chi connectivity index (χ2v) is 10.5. The summed E-state index contributed by atoms with van der Waals surface area (Å²) in [6.45, 7) is 5.69. The van der Waals surface area contributed by atoms with Crippen molar-refractivity contribution in [3.05, 3.63) is 89.8 Å². The first-order valence-corrected chi connectivity index (χ1v) is 13.8. The summed E-state index contributed by atoms with van der Waals surface area (Å²) in [5.41, 5.74) is 4.58. The molecule has 4 aromatic rings. The van der Waals surface area contributed by atoms with Crippen molar-refractivity contribution in [3.8, 4) is 22.3 Å². The van der Waals surface area contributed by atoms with Crippen molar-refractivity contribution in [2.24, 2.45) is 0 Å². The van der Waals surface area contributed by atoms with Gasteiger partial charge in [0, 0.05) is 34.8 Å². The van der Waals surface area contributed by atoms with E-state index in [-0.39, 0.29) is 24.8 Å². The maximum Gasteiger partial charge on any atom is 0.305 e. The highest BCUT2D eigenvalue weighted by Crippen LogP contribution is 2.42. The molecule has 0 bridgehead atoms. The molecule has 2 aromatic carbocycles. The third-order valence-corrected chi connectivity index (χ3v) is 6.92. The second kappa shape index (κ2) is 13.5. The number of hydrogen-bond acceptors (Lipinski definition) is 6. The summed E-state index contributed by atoms with van der Waals surface area (Å²) in [5, 5.41) is 32.6. The number of nitrogens with zero attached hydrogens (tertiary/aromatic N) is 3. The van der Waals surface area contributed by atoms with Crippen LogP contribution in [0.1, 0.15) is 61.0 Å². The van der Waals surface area contributed by atoms with Gasteiger partial charge < -0.3 is 19.9 Å². The van der Waals surface area contributed by atoms with E-state index < -0.39 is 36.3 Å². The molecule has 4 N–H and O–H groups in total. The number of halogens is 1. The van der Waals surface area contributed by atoms with Crippen LogP contribution in [0.25, 0.3) is 22.3 Å². The number of aromatic nitrogens is 3. The minimum absolute atomic E-state index is 0.107. The normalized spacial score (nSPS) is 12.7. The Balaban J connectivity index is 1.90. The number of aliphatic hydroxyl groups is 2. The van der Waals surface area contributed by atoms with E-state index in [9.17, 15) is 24.2 Å². The minimum Gasteiger partial charge on any atom is -0.481 e. The van der Waals surface area contributed by atoms with Crippen LogP contribution in [0.15, 0.2) is 66.9 Å². The zero-order valence-corrected chi connectivity index (χ0v) is 23.8. The van der Waals surface area contributed by atoms with Crippen molar-refractivity contribution < 1.29 is 29.3 Å². The van der Waals surface area contributed by atoms with Crippen molar-refractivity contribution in [2.75, 3.05) is 5.32 Å². The lowest BCUT2D eigenvalue weighted by Crippen LogP contribution is -2.23. The topological polar surface area (TPSA) is 138 Å².